The molecule has 0 saturated carbocycles. The van der Waals surface area contributed by atoms with E-state index in [-0.39, 0.29) is 20.2 Å². The lowest BCUT2D eigenvalue weighted by Gasteiger charge is -2.07. The number of allylic oxidation sites excluding steroid dienone is 15. The van der Waals surface area contributed by atoms with Crippen molar-refractivity contribution in [3.63, 3.8) is 0 Å². The molecule has 0 aromatic carbocycles. The third-order valence-electron chi connectivity index (χ3n) is 8.55. The number of aliphatic carboxylic acids is 1. The predicted octanol–water partition coefficient (Wildman–Crippen LogP) is 22.0. The fourth-order valence-corrected chi connectivity index (χ4v) is 5.72. The van der Waals surface area contributed by atoms with Crippen LogP contribution in [0.5, 0.6) is 0 Å². The number of nitrogens with one attached hydrogen (secondary N) is 1. The van der Waals surface area contributed by atoms with Crippen molar-refractivity contribution in [2.45, 2.75) is 241 Å². The van der Waals surface area contributed by atoms with Crippen molar-refractivity contribution in [3.05, 3.63) is 174 Å². The number of rotatable bonds is 36. The van der Waals surface area contributed by atoms with Gasteiger partial charge in [0.1, 0.15) is 0 Å². The molecule has 0 aromatic heterocycles. The third kappa shape index (κ3) is 260. The highest BCUT2D eigenvalue weighted by molar-refractivity contribution is 6.80. The van der Waals surface area contributed by atoms with E-state index in [0.29, 0.717) is 5.92 Å². The highest BCUT2D eigenvalue weighted by Crippen LogP contribution is 2.07. The van der Waals surface area contributed by atoms with Gasteiger partial charge in [0, 0.05) is 43.8 Å². The minimum Gasteiger partial charge on any atom is -0.516 e. The number of hydrogen-bond donors (Lipinski definition) is 4. The number of esters is 1. The number of unbranched alkanes of at least 4 members (excludes halogenated alkanes) is 18. The van der Waals surface area contributed by atoms with Crippen LogP contribution in [-0.2, 0) is 19.1 Å². The second-order valence-corrected chi connectivity index (χ2v) is 29.7. The molecule has 0 unspecified atom stereocenters. The average molecular weight is 1250 g/mol. The first kappa shape index (κ1) is 112. The van der Waals surface area contributed by atoms with E-state index in [2.05, 4.69) is 171 Å². The van der Waals surface area contributed by atoms with E-state index in [1.165, 1.54) is 103 Å². The number of methoxy groups -OCH3 is 1. The van der Waals surface area contributed by atoms with Crippen molar-refractivity contribution in [2.75, 3.05) is 42.4 Å². The normalized spacial score (nSPS) is 9.55. The average Bonchev–Trinajstić information content (AvgIpc) is 3.45. The largest absolute Gasteiger partial charge is 0.516 e. The van der Waals surface area contributed by atoms with Crippen molar-refractivity contribution in [2.24, 2.45) is 5.92 Å². The van der Waals surface area contributed by atoms with Crippen LogP contribution in [0, 0.1) is 5.92 Å². The van der Waals surface area contributed by atoms with Crippen LogP contribution in [0.2, 0.25) is 39.3 Å². The van der Waals surface area contributed by atoms with Crippen LogP contribution in [0.25, 0.3) is 0 Å². The summed E-state index contributed by atoms with van der Waals surface area (Å²) in [5, 5.41) is 25.4. The number of carbonyl (C=O) groups excluding carboxylic acids is 1. The minimum atomic E-state index is -0.926. The molecular formula is C74H148N2O8Si2. The second-order valence-electron chi connectivity index (χ2n) is 21.1. The lowest BCUT2D eigenvalue weighted by Crippen LogP contribution is -2.15. The molecule has 0 aromatic rings. The summed E-state index contributed by atoms with van der Waals surface area (Å²) in [6.07, 6.45) is 65.7. The molecule has 510 valence electrons. The van der Waals surface area contributed by atoms with Crippen molar-refractivity contribution in [1.82, 2.24) is 10.2 Å². The predicted molar refractivity (Wildman–Crippen MR) is 401 cm³/mol. The molecule has 0 saturated heterocycles. The third-order valence-corrected chi connectivity index (χ3v) is 9.79. The van der Waals surface area contributed by atoms with E-state index in [1.54, 1.807) is 31.6 Å². The van der Waals surface area contributed by atoms with Gasteiger partial charge in [-0.3, -0.25) is 9.59 Å². The summed E-state index contributed by atoms with van der Waals surface area (Å²) >= 11 is 0. The maximum Gasteiger partial charge on any atom is 0.307 e. The first-order valence-corrected chi connectivity index (χ1v) is 38.5. The first-order chi connectivity index (χ1) is 40.4. The summed E-state index contributed by atoms with van der Waals surface area (Å²) in [4.78, 5) is 21.4. The zero-order valence-corrected chi connectivity index (χ0v) is 62.1. The molecule has 0 heterocycles. The van der Waals surface area contributed by atoms with Gasteiger partial charge < -0.3 is 40.5 Å². The number of aliphatic hydroxyl groups is 2. The van der Waals surface area contributed by atoms with Gasteiger partial charge in [-0.05, 0) is 192 Å². The number of carboxylic acid groups (broad SMARTS) is 1. The second kappa shape index (κ2) is 122. The Kier molecular flexibility index (Phi) is 159. The fraction of sp³-hybridized carbons (Fsp3) is 0.595. The number of nitrogens with zero attached hydrogens (tertiary/aromatic N) is 1. The Hall–Kier alpha value is -4.99. The van der Waals surface area contributed by atoms with Crippen LogP contribution in [-0.4, -0.2) is 96.9 Å². The monoisotopic (exact) mass is 1250 g/mol. The van der Waals surface area contributed by atoms with Crippen molar-refractivity contribution < 1.29 is 39.9 Å². The van der Waals surface area contributed by atoms with Crippen molar-refractivity contribution in [1.29, 1.82) is 0 Å². The maximum absolute atomic E-state index is 10.3. The van der Waals surface area contributed by atoms with Gasteiger partial charge in [0.05, 0.1) is 34.0 Å². The van der Waals surface area contributed by atoms with Crippen LogP contribution in [0.15, 0.2) is 174 Å². The van der Waals surface area contributed by atoms with Gasteiger partial charge >= 0.3 is 5.97 Å². The molecule has 10 nitrogen and oxygen atoms in total. The van der Waals surface area contributed by atoms with E-state index in [4.69, 9.17) is 24.9 Å². The molecular weight excluding hydrogens is 1100 g/mol. The quantitative estimate of drug-likeness (QED) is 0.0120. The molecule has 6 N–H and O–H groups in total. The van der Waals surface area contributed by atoms with E-state index >= 15 is 0 Å². The topological polar surface area (TPSA) is 160 Å². The van der Waals surface area contributed by atoms with Crippen molar-refractivity contribution in [3.8, 4) is 0 Å². The Balaban J connectivity index is -0.0000000635. The molecule has 86 heavy (non-hydrogen) atoms. The van der Waals surface area contributed by atoms with Crippen LogP contribution in [0.4, 0.5) is 0 Å². The van der Waals surface area contributed by atoms with E-state index in [9.17, 15) is 4.79 Å². The van der Waals surface area contributed by atoms with E-state index < -0.39 is 14.0 Å². The zero-order chi connectivity index (χ0) is 68.3. The molecule has 12 heteroatoms. The Labute approximate surface area is 540 Å². The summed E-state index contributed by atoms with van der Waals surface area (Å²) in [7, 11) is 9.44. The summed E-state index contributed by atoms with van der Waals surface area (Å²) in [5.41, 5.74) is 2.43. The van der Waals surface area contributed by atoms with Gasteiger partial charge in [0.25, 0.3) is 5.97 Å². The molecule has 0 spiro atoms. The highest BCUT2D eigenvalue weighted by Gasteiger charge is 2.05. The van der Waals surface area contributed by atoms with Gasteiger partial charge in [0.15, 0.2) is 0 Å². The molecule has 0 aliphatic rings. The maximum atomic E-state index is 10.3. The lowest BCUT2D eigenvalue weighted by molar-refractivity contribution is -0.136. The first-order valence-electron chi connectivity index (χ1n) is 31.5. The zero-order valence-electron chi connectivity index (χ0n) is 60.0. The molecule has 0 aliphatic carbocycles. The van der Waals surface area contributed by atoms with E-state index in [1.807, 2.05) is 76.8 Å². The van der Waals surface area contributed by atoms with E-state index in [0.717, 1.165) is 90.9 Å². The van der Waals surface area contributed by atoms with Crippen molar-refractivity contribution >= 4 is 28.8 Å². The number of carbonyl (C=O) groups is 2. The SMILES string of the molecule is C=CC=C.C=CCCCC/C=C/C(C)C.C=CCCCC/C=C/N(C)C.C=CCCCC/C=C/O.C=CCCCC/C=C/OC.C=CCCCC/C=C/OC(C)=O.C=CCCCC/C=C/[Si](C)(C)C.CC(=O)O.CCC.CNC.CO.C[SiH](C)C.O. The summed E-state index contributed by atoms with van der Waals surface area (Å²) in [6, 6.07) is 0. The standard InChI is InChI=1S/C11H22Si.C11H20.C10H19N.C10H16O2.C9H16O.C8H14O.C4H6.C3H10Si.C3H8.C2H7N.C2H4O2.CH4O.H2O/c1-5-6-7-8-9-10-11-12(2,3)4;2*1-4-5-6-7-8-9-10-11(2)3;1-3-4-5-6-7-8-9-12-10(2)11;1-3-4-5-6-7-8-9-10-2;1-2-3-4-5-6-7-8-9;1-3-4-2;1-4(2)3;2*1-3-2;1-2(3)4;1-2;/h5,10-11H,1,6-9H2,2-4H3;4,9-11H,1,5-8H2,2-3H3;4,9-10H,1,5-8H2,2-3H3;3,8-9H,1,4-7H2,2H3;3,8-9H,1,4-7H2,2H3;2,7-9H,1,3-6H2;3-4H,1-2H2;4H,1-3H3;3H2,1-2H3;3H,1-2H3;1H3,(H,3,4);2H,1H3;1H2/b11-10+;2*10-9+;2*9-8+;8-7+;;;;;;;. The van der Waals surface area contributed by atoms with Crippen LogP contribution < -0.4 is 5.32 Å². The molecule has 0 radical (unpaired) electrons. The molecule has 0 aliphatic heterocycles. The van der Waals surface area contributed by atoms with Gasteiger partial charge in [-0.25, -0.2) is 0 Å². The molecule has 0 fully saturated rings. The Morgan fingerprint density at radius 2 is 0.802 bits per heavy atom. The number of ether oxygens (including phenoxy) is 2. The van der Waals surface area contributed by atoms with Gasteiger partial charge in [-0.2, -0.15) is 0 Å². The molecule has 0 rings (SSSR count). The van der Waals surface area contributed by atoms with Crippen LogP contribution in [0.1, 0.15) is 202 Å². The Bertz CT molecular complexity index is 1430. The summed E-state index contributed by atoms with van der Waals surface area (Å²) < 4.78 is 9.36. The van der Waals surface area contributed by atoms with Crippen LogP contribution in [0.3, 0.4) is 0 Å². The number of aliphatic hydroxyl groups excluding tert-OH is 2. The molecule has 0 amide bonds. The van der Waals surface area contributed by atoms with Crippen LogP contribution >= 0.6 is 0 Å². The Morgan fingerprint density at radius 3 is 1.03 bits per heavy atom. The number of carboxylic acids is 1. The number of hydrogen-bond acceptors (Lipinski definition) is 8. The molecule has 0 bridgehead atoms. The van der Waals surface area contributed by atoms with Gasteiger partial charge in [-0.15, -0.1) is 39.5 Å². The Morgan fingerprint density at radius 1 is 0.547 bits per heavy atom. The minimum absolute atomic E-state index is 0. The van der Waals surface area contributed by atoms with Gasteiger partial charge in [-0.1, -0.05) is 171 Å². The summed E-state index contributed by atoms with van der Waals surface area (Å²) in [5.74, 6) is -0.397. The van der Waals surface area contributed by atoms with Gasteiger partial charge in [0.2, 0.25) is 0 Å². The molecule has 0 atom stereocenters. The summed E-state index contributed by atoms with van der Waals surface area (Å²) in [6.45, 7) is 53.9. The smallest absolute Gasteiger partial charge is 0.307 e. The lowest BCUT2D eigenvalue weighted by atomic mass is 10.1. The highest BCUT2D eigenvalue weighted by atomic mass is 28.3. The fourth-order valence-electron chi connectivity index (χ4n) is 4.85.